The number of fused-ring (bicyclic) bond motifs is 1. The van der Waals surface area contributed by atoms with Gasteiger partial charge in [0.15, 0.2) is 0 Å². The molecule has 7 nitrogen and oxygen atoms in total. The van der Waals surface area contributed by atoms with Crippen molar-refractivity contribution in [2.75, 3.05) is 6.54 Å². The fourth-order valence-electron chi connectivity index (χ4n) is 2.91. The van der Waals surface area contributed by atoms with Crippen LogP contribution in [0.1, 0.15) is 30.6 Å². The van der Waals surface area contributed by atoms with Crippen molar-refractivity contribution in [2.24, 2.45) is 0 Å². The van der Waals surface area contributed by atoms with Crippen LogP contribution in [-0.2, 0) is 16.6 Å². The number of hydrogen-bond acceptors (Lipinski definition) is 4. The quantitative estimate of drug-likeness (QED) is 0.568. The van der Waals surface area contributed by atoms with Crippen molar-refractivity contribution in [2.45, 2.75) is 37.8 Å². The van der Waals surface area contributed by atoms with Crippen molar-refractivity contribution in [3.63, 3.8) is 0 Å². The Morgan fingerprint density at radius 3 is 2.54 bits per heavy atom. The number of amides is 1. The van der Waals surface area contributed by atoms with Gasteiger partial charge in [-0.1, -0.05) is 12.1 Å². The van der Waals surface area contributed by atoms with Gasteiger partial charge in [0.1, 0.15) is 0 Å². The van der Waals surface area contributed by atoms with E-state index in [4.69, 9.17) is 0 Å². The van der Waals surface area contributed by atoms with Crippen LogP contribution in [0.4, 0.5) is 0 Å². The summed E-state index contributed by atoms with van der Waals surface area (Å²) in [4.78, 5) is 16.8. The largest absolute Gasteiger partial charge is 0.352 e. The highest BCUT2D eigenvalue weighted by atomic mass is 32.2. The molecule has 2 aromatic carbocycles. The summed E-state index contributed by atoms with van der Waals surface area (Å²) in [7, 11) is -3.56. The van der Waals surface area contributed by atoms with Crippen LogP contribution in [0.15, 0.2) is 59.8 Å². The first-order valence-corrected chi connectivity index (χ1v) is 10.7. The van der Waals surface area contributed by atoms with E-state index in [0.29, 0.717) is 12.1 Å². The van der Waals surface area contributed by atoms with Gasteiger partial charge in [0.2, 0.25) is 10.0 Å². The van der Waals surface area contributed by atoms with Gasteiger partial charge in [-0.15, -0.1) is 0 Å². The van der Waals surface area contributed by atoms with E-state index in [1.807, 2.05) is 24.3 Å². The number of sulfonamides is 1. The first kappa shape index (κ1) is 20.0. The smallest absolute Gasteiger partial charge is 0.251 e. The Kier molecular flexibility index (Phi) is 6.11. The minimum atomic E-state index is -3.56. The van der Waals surface area contributed by atoms with Crippen molar-refractivity contribution in [3.8, 4) is 0 Å². The molecule has 1 aromatic heterocycles. The molecule has 0 bridgehead atoms. The molecule has 3 rings (SSSR count). The second-order valence-corrected chi connectivity index (χ2v) is 8.55. The van der Waals surface area contributed by atoms with Gasteiger partial charge in [-0.05, 0) is 56.7 Å². The van der Waals surface area contributed by atoms with Crippen LogP contribution < -0.4 is 10.0 Å². The molecule has 0 radical (unpaired) electrons. The van der Waals surface area contributed by atoms with E-state index in [1.54, 1.807) is 20.2 Å². The van der Waals surface area contributed by atoms with Crippen LogP contribution >= 0.6 is 0 Å². The molecule has 0 saturated heterocycles. The summed E-state index contributed by atoms with van der Waals surface area (Å²) < 4.78 is 28.8. The molecular weight excluding hydrogens is 376 g/mol. The van der Waals surface area contributed by atoms with Crippen LogP contribution in [0.5, 0.6) is 0 Å². The van der Waals surface area contributed by atoms with Gasteiger partial charge in [0.25, 0.3) is 5.91 Å². The summed E-state index contributed by atoms with van der Waals surface area (Å²) in [6.07, 6.45) is 2.56. The molecule has 0 spiro atoms. The zero-order valence-corrected chi connectivity index (χ0v) is 16.7. The molecule has 28 heavy (non-hydrogen) atoms. The van der Waals surface area contributed by atoms with E-state index in [9.17, 15) is 13.2 Å². The van der Waals surface area contributed by atoms with Crippen molar-refractivity contribution < 1.29 is 13.2 Å². The molecule has 1 heterocycles. The highest BCUT2D eigenvalue weighted by Gasteiger charge is 2.16. The average molecular weight is 401 g/mol. The molecular formula is C20H24N4O3S. The third-order valence-electron chi connectivity index (χ3n) is 4.21. The SMILES string of the molecule is CC(C)NS(=O)(=O)c1ccc(C(=O)NCCCn2cnc3ccccc32)cc1. The molecule has 3 aromatic rings. The topological polar surface area (TPSA) is 93.1 Å². The highest BCUT2D eigenvalue weighted by Crippen LogP contribution is 2.13. The normalized spacial score (nSPS) is 11.8. The Morgan fingerprint density at radius 1 is 1.11 bits per heavy atom. The third kappa shape index (κ3) is 4.76. The van der Waals surface area contributed by atoms with Gasteiger partial charge in [0.05, 0.1) is 22.3 Å². The Bertz CT molecular complexity index is 1060. The van der Waals surface area contributed by atoms with Gasteiger partial charge in [-0.25, -0.2) is 18.1 Å². The van der Waals surface area contributed by atoms with Gasteiger partial charge < -0.3 is 9.88 Å². The molecule has 0 aliphatic rings. The number of rotatable bonds is 8. The van der Waals surface area contributed by atoms with Crippen LogP contribution in [0.2, 0.25) is 0 Å². The Hall–Kier alpha value is -2.71. The predicted octanol–water partition coefficient (Wildman–Crippen LogP) is 2.54. The number of aryl methyl sites for hydroxylation is 1. The lowest BCUT2D eigenvalue weighted by molar-refractivity contribution is 0.0952. The number of nitrogens with one attached hydrogen (secondary N) is 2. The molecule has 148 valence electrons. The van der Waals surface area contributed by atoms with E-state index < -0.39 is 10.0 Å². The second-order valence-electron chi connectivity index (χ2n) is 6.84. The summed E-state index contributed by atoms with van der Waals surface area (Å²) in [5.41, 5.74) is 2.45. The molecule has 0 aliphatic heterocycles. The first-order valence-electron chi connectivity index (χ1n) is 9.17. The summed E-state index contributed by atoms with van der Waals surface area (Å²) >= 11 is 0. The molecule has 0 atom stereocenters. The first-order chi connectivity index (χ1) is 13.4. The fraction of sp³-hybridized carbons (Fsp3) is 0.300. The minimum Gasteiger partial charge on any atom is -0.352 e. The van der Waals surface area contributed by atoms with E-state index in [0.717, 1.165) is 24.0 Å². The van der Waals surface area contributed by atoms with Crippen LogP contribution in [0.3, 0.4) is 0 Å². The number of nitrogens with zero attached hydrogens (tertiary/aromatic N) is 2. The maximum absolute atomic E-state index is 12.3. The van der Waals surface area contributed by atoms with Crippen molar-refractivity contribution in [1.82, 2.24) is 19.6 Å². The van der Waals surface area contributed by atoms with Crippen LogP contribution in [0.25, 0.3) is 11.0 Å². The van der Waals surface area contributed by atoms with Crippen LogP contribution in [0, 0.1) is 0 Å². The van der Waals surface area contributed by atoms with Crippen molar-refractivity contribution >= 4 is 27.0 Å². The molecule has 0 fully saturated rings. The Labute approximate surface area is 164 Å². The minimum absolute atomic E-state index is 0.143. The summed E-state index contributed by atoms with van der Waals surface area (Å²) in [5, 5.41) is 2.86. The lowest BCUT2D eigenvalue weighted by atomic mass is 10.2. The lowest BCUT2D eigenvalue weighted by Crippen LogP contribution is -2.30. The summed E-state index contributed by atoms with van der Waals surface area (Å²) in [5.74, 6) is -0.226. The number of carbonyl (C=O) groups is 1. The summed E-state index contributed by atoms with van der Waals surface area (Å²) in [6.45, 7) is 4.77. The van der Waals surface area contributed by atoms with Gasteiger partial charge in [0, 0.05) is 24.7 Å². The standard InChI is InChI=1S/C20H24N4O3S/c1-15(2)23-28(26,27)17-10-8-16(9-11-17)20(25)21-12-5-13-24-14-22-18-6-3-4-7-19(18)24/h3-4,6-11,14-15,23H,5,12-13H2,1-2H3,(H,21,25). The third-order valence-corrected chi connectivity index (χ3v) is 5.88. The predicted molar refractivity (Wildman–Crippen MR) is 109 cm³/mol. The number of imidazole rings is 1. The monoisotopic (exact) mass is 400 g/mol. The Morgan fingerprint density at radius 2 is 1.82 bits per heavy atom. The van der Waals surface area contributed by atoms with Gasteiger partial charge >= 0.3 is 0 Å². The average Bonchev–Trinajstić information content (AvgIpc) is 3.07. The summed E-state index contributed by atoms with van der Waals surface area (Å²) in [6, 6.07) is 13.6. The lowest BCUT2D eigenvalue weighted by Gasteiger charge is -2.10. The van der Waals surface area contributed by atoms with Gasteiger partial charge in [-0.3, -0.25) is 4.79 Å². The highest BCUT2D eigenvalue weighted by molar-refractivity contribution is 7.89. The van der Waals surface area contributed by atoms with Crippen molar-refractivity contribution in [1.29, 1.82) is 0 Å². The maximum atomic E-state index is 12.3. The van der Waals surface area contributed by atoms with Crippen LogP contribution in [-0.4, -0.2) is 36.5 Å². The molecule has 0 unspecified atom stereocenters. The number of carbonyl (C=O) groups excluding carboxylic acids is 1. The molecule has 2 N–H and O–H groups in total. The molecule has 1 amide bonds. The second kappa shape index (κ2) is 8.53. The van der Waals surface area contributed by atoms with Gasteiger partial charge in [-0.2, -0.15) is 0 Å². The Balaban J connectivity index is 1.52. The molecule has 0 saturated carbocycles. The van der Waals surface area contributed by atoms with E-state index >= 15 is 0 Å². The number of para-hydroxylation sites is 2. The van der Waals surface area contributed by atoms with E-state index in [2.05, 4.69) is 19.6 Å². The number of benzene rings is 2. The van der Waals surface area contributed by atoms with Crippen molar-refractivity contribution in [3.05, 3.63) is 60.4 Å². The molecule has 8 heteroatoms. The van der Waals surface area contributed by atoms with E-state index in [1.165, 1.54) is 24.3 Å². The molecule has 0 aliphatic carbocycles. The number of aromatic nitrogens is 2. The fourth-order valence-corrected chi connectivity index (χ4v) is 4.16. The van der Waals surface area contributed by atoms with E-state index in [-0.39, 0.29) is 16.8 Å². The number of hydrogen-bond donors (Lipinski definition) is 2. The zero-order valence-electron chi connectivity index (χ0n) is 15.9. The zero-order chi connectivity index (χ0) is 20.1. The maximum Gasteiger partial charge on any atom is 0.251 e.